The van der Waals surface area contributed by atoms with E-state index in [1.54, 1.807) is 12.1 Å². The Bertz CT molecular complexity index is 2690. The van der Waals surface area contributed by atoms with Crippen LogP contribution in [0, 0.1) is 23.2 Å². The first-order chi connectivity index (χ1) is 31.1. The number of carbonyl (C=O) groups excluding carboxylic acids is 1. The number of anilines is 1. The second-order valence-electron chi connectivity index (χ2n) is 16.4. The molecule has 0 aromatic heterocycles. The molecule has 7 rings (SSSR count). The normalized spacial score (nSPS) is 16.4. The van der Waals surface area contributed by atoms with Gasteiger partial charge in [0, 0.05) is 53.1 Å². The van der Waals surface area contributed by atoms with E-state index in [1.165, 1.54) is 23.9 Å². The van der Waals surface area contributed by atoms with E-state index >= 15 is 0 Å². The van der Waals surface area contributed by atoms with Gasteiger partial charge < -0.3 is 9.64 Å². The lowest BCUT2D eigenvalue weighted by molar-refractivity contribution is -0.0436. The quantitative estimate of drug-likeness (QED) is 0.0657. The van der Waals surface area contributed by atoms with E-state index < -0.39 is 46.5 Å². The minimum absolute atomic E-state index is 0.0463. The topological polar surface area (TPSA) is 125 Å². The molecule has 65 heavy (non-hydrogen) atoms. The van der Waals surface area contributed by atoms with Crippen LogP contribution in [0.1, 0.15) is 46.7 Å². The Labute approximate surface area is 388 Å². The van der Waals surface area contributed by atoms with Gasteiger partial charge in [-0.15, -0.1) is 11.8 Å². The summed E-state index contributed by atoms with van der Waals surface area (Å²) in [5, 5.41) is 11.0. The lowest BCUT2D eigenvalue weighted by Gasteiger charge is -2.36. The Balaban J connectivity index is 1.03. The molecule has 0 spiro atoms. The minimum Gasteiger partial charge on any atom is -0.379 e. The van der Waals surface area contributed by atoms with Gasteiger partial charge in [0.1, 0.15) is 5.75 Å². The first kappa shape index (κ1) is 48.2. The SMILES string of the molecule is N#C[C@@H](c1ccccc1-c1ccc(Cl)cc1)C1CCN(c2ccc(C(=O)CS(=O)(=O)c3ccc(C[C@H](CCN4CCOCC4)CSc4ccccc4)c(S(=O)(=O)C(F)(F)F)c3)cc2)CC1. The highest BCUT2D eigenvalue weighted by atomic mass is 35.5. The summed E-state index contributed by atoms with van der Waals surface area (Å²) in [6.45, 7) is 4.46. The number of morpholine rings is 1. The van der Waals surface area contributed by atoms with E-state index in [0.717, 1.165) is 52.2 Å². The summed E-state index contributed by atoms with van der Waals surface area (Å²) in [4.78, 5) is 16.9. The molecule has 9 nitrogen and oxygen atoms in total. The van der Waals surface area contributed by atoms with Crippen molar-refractivity contribution in [3.05, 3.63) is 143 Å². The van der Waals surface area contributed by atoms with Crippen LogP contribution in [0.4, 0.5) is 18.9 Å². The van der Waals surface area contributed by atoms with Gasteiger partial charge in [0.05, 0.1) is 35.0 Å². The maximum absolute atomic E-state index is 14.2. The maximum atomic E-state index is 14.2. The molecule has 0 saturated carbocycles. The Hall–Kier alpha value is -4.69. The fourth-order valence-corrected chi connectivity index (χ4v) is 12.1. The summed E-state index contributed by atoms with van der Waals surface area (Å²) in [6.07, 6.45) is 1.98. The van der Waals surface area contributed by atoms with Crippen LogP contribution >= 0.6 is 23.4 Å². The summed E-state index contributed by atoms with van der Waals surface area (Å²) in [7, 11) is -10.6. The molecular weight excluding hydrogens is 915 g/mol. The molecular formula is C49H49ClF3N3O6S3. The molecule has 5 aromatic rings. The number of alkyl halides is 3. The summed E-state index contributed by atoms with van der Waals surface area (Å²) in [6, 6.07) is 36.7. The highest BCUT2D eigenvalue weighted by molar-refractivity contribution is 7.99. The summed E-state index contributed by atoms with van der Waals surface area (Å²) in [5.41, 5.74) is -2.03. The predicted molar refractivity (Wildman–Crippen MR) is 249 cm³/mol. The van der Waals surface area contributed by atoms with E-state index in [-0.39, 0.29) is 35.3 Å². The summed E-state index contributed by atoms with van der Waals surface area (Å²) >= 11 is 7.64. The predicted octanol–water partition coefficient (Wildman–Crippen LogP) is 10.2. The second kappa shape index (κ2) is 21.3. The number of nitriles is 1. The van der Waals surface area contributed by atoms with Gasteiger partial charge in [0.2, 0.25) is 0 Å². The fraction of sp³-hybridized carbons (Fsp3) is 0.347. The average molecular weight is 965 g/mol. The van der Waals surface area contributed by atoms with Crippen LogP contribution in [-0.4, -0.2) is 90.5 Å². The number of halogens is 4. The number of ether oxygens (including phenoxy) is 1. The van der Waals surface area contributed by atoms with E-state index in [4.69, 9.17) is 16.3 Å². The van der Waals surface area contributed by atoms with Crippen LogP contribution < -0.4 is 4.90 Å². The molecule has 2 saturated heterocycles. The largest absolute Gasteiger partial charge is 0.501 e. The number of benzene rings is 5. The Morgan fingerprint density at radius 3 is 2.17 bits per heavy atom. The zero-order valence-electron chi connectivity index (χ0n) is 35.5. The van der Waals surface area contributed by atoms with Crippen LogP contribution in [0.25, 0.3) is 11.1 Å². The molecule has 16 heteroatoms. The van der Waals surface area contributed by atoms with Gasteiger partial charge in [0.15, 0.2) is 15.6 Å². The van der Waals surface area contributed by atoms with E-state index in [2.05, 4.69) is 15.9 Å². The Kier molecular flexibility index (Phi) is 15.8. The van der Waals surface area contributed by atoms with Crippen molar-refractivity contribution in [3.8, 4) is 17.2 Å². The first-order valence-electron chi connectivity index (χ1n) is 21.4. The van der Waals surface area contributed by atoms with Gasteiger partial charge in [-0.2, -0.15) is 18.4 Å². The van der Waals surface area contributed by atoms with Crippen molar-refractivity contribution in [2.75, 3.05) is 62.3 Å². The molecule has 0 radical (unpaired) electrons. The zero-order valence-corrected chi connectivity index (χ0v) is 38.7. The van der Waals surface area contributed by atoms with Crippen molar-refractivity contribution in [1.29, 1.82) is 5.26 Å². The van der Waals surface area contributed by atoms with Gasteiger partial charge in [0.25, 0.3) is 9.84 Å². The Morgan fingerprint density at radius 1 is 0.846 bits per heavy atom. The van der Waals surface area contributed by atoms with E-state index in [1.807, 2.05) is 78.9 Å². The average Bonchev–Trinajstić information content (AvgIpc) is 3.31. The molecule has 0 bridgehead atoms. The van der Waals surface area contributed by atoms with Crippen molar-refractivity contribution in [2.45, 2.75) is 51.8 Å². The first-order valence-corrected chi connectivity index (χ1v) is 25.9. The molecule has 2 atom stereocenters. The number of hydrogen-bond acceptors (Lipinski definition) is 10. The number of carbonyl (C=O) groups is 1. The number of ketones is 1. The number of sulfone groups is 2. The Morgan fingerprint density at radius 2 is 1.51 bits per heavy atom. The third-order valence-corrected chi connectivity index (χ3v) is 16.8. The molecule has 2 aliphatic rings. The molecule has 2 aliphatic heterocycles. The van der Waals surface area contributed by atoms with Crippen LogP contribution in [0.5, 0.6) is 0 Å². The van der Waals surface area contributed by atoms with E-state index in [9.17, 15) is 40.1 Å². The third kappa shape index (κ3) is 12.0. The minimum atomic E-state index is -5.98. The number of nitrogens with zero attached hydrogens (tertiary/aromatic N) is 3. The molecule has 5 aromatic carbocycles. The number of rotatable bonds is 17. The smallest absolute Gasteiger partial charge is 0.379 e. The van der Waals surface area contributed by atoms with E-state index in [0.29, 0.717) is 69.2 Å². The van der Waals surface area contributed by atoms with Crippen molar-refractivity contribution < 1.29 is 39.5 Å². The van der Waals surface area contributed by atoms with Gasteiger partial charge in [-0.25, -0.2) is 16.8 Å². The fourth-order valence-electron chi connectivity index (χ4n) is 8.53. The third-order valence-electron chi connectivity index (χ3n) is 12.2. The van der Waals surface area contributed by atoms with Gasteiger partial charge in [-0.1, -0.05) is 72.3 Å². The standard InChI is InChI=1S/C49H49ClF3N3O6S3/c50-40-15-10-36(11-16-40)44-8-4-5-9-45(44)46(32-54)37-21-24-56(25-22-37)41-17-12-38(13-18-41)47(57)34-64(58,59)43-19-14-39(48(31-43)65(60,61)49(51,52)53)30-35(20-23-55-26-28-62-29-27-55)33-63-42-6-2-1-3-7-42/h1-19,31,35,37,46H,20-30,33-34H2/t35-,46+/m0/s1. The van der Waals surface area contributed by atoms with Gasteiger partial charge in [-0.3, -0.25) is 9.69 Å². The van der Waals surface area contributed by atoms with Crippen LogP contribution in [-0.2, 0) is 30.8 Å². The zero-order chi connectivity index (χ0) is 46.2. The molecule has 2 fully saturated rings. The van der Waals surface area contributed by atoms with Crippen molar-refractivity contribution >= 4 is 54.5 Å². The molecule has 0 unspecified atom stereocenters. The van der Waals surface area contributed by atoms with Crippen LogP contribution in [0.3, 0.4) is 0 Å². The molecule has 342 valence electrons. The van der Waals surface area contributed by atoms with Gasteiger partial charge >= 0.3 is 5.51 Å². The maximum Gasteiger partial charge on any atom is 0.501 e. The molecule has 0 N–H and O–H groups in total. The lowest BCUT2D eigenvalue weighted by Crippen LogP contribution is -2.37. The van der Waals surface area contributed by atoms with Crippen LogP contribution in [0.15, 0.2) is 136 Å². The monoisotopic (exact) mass is 963 g/mol. The lowest BCUT2D eigenvalue weighted by atomic mass is 9.78. The summed E-state index contributed by atoms with van der Waals surface area (Å²) < 4.78 is 102. The second-order valence-corrected chi connectivity index (χ2v) is 21.8. The van der Waals surface area contributed by atoms with Crippen molar-refractivity contribution in [1.82, 2.24) is 4.90 Å². The summed E-state index contributed by atoms with van der Waals surface area (Å²) in [5.74, 6) is -1.90. The number of thioether (sulfide) groups is 1. The van der Waals surface area contributed by atoms with Crippen molar-refractivity contribution in [3.63, 3.8) is 0 Å². The van der Waals surface area contributed by atoms with Gasteiger partial charge in [-0.05, 0) is 127 Å². The number of Topliss-reactive ketones (excluding diaryl/α,β-unsaturated/α-hetero) is 1. The molecule has 0 aliphatic carbocycles. The van der Waals surface area contributed by atoms with Crippen molar-refractivity contribution in [2.24, 2.45) is 11.8 Å². The highest BCUT2D eigenvalue weighted by Crippen LogP contribution is 2.39. The number of hydrogen-bond donors (Lipinski definition) is 0. The molecule has 0 amide bonds. The molecule has 2 heterocycles. The highest BCUT2D eigenvalue weighted by Gasteiger charge is 2.48. The van der Waals surface area contributed by atoms with Crippen LogP contribution in [0.2, 0.25) is 5.02 Å². The number of piperidine rings is 1.